The number of esters is 1. The molecule has 0 aliphatic carbocycles. The standard InChI is InChI=1S/C5H7F5O2S/c1-5(11)12-3-2-4-13(6,7,8,9)10/h2,4H,3H2,1H3/b4-2+. The van der Waals surface area contributed by atoms with Crippen molar-refractivity contribution in [1.29, 1.82) is 0 Å². The lowest BCUT2D eigenvalue weighted by molar-refractivity contribution is -0.139. The van der Waals surface area contributed by atoms with E-state index in [0.29, 0.717) is 0 Å². The maximum Gasteiger partial charge on any atom is 0.304 e. The highest BCUT2D eigenvalue weighted by Gasteiger charge is 2.60. The Labute approximate surface area is 71.1 Å². The Bertz CT molecular complexity index is 239. The van der Waals surface area contributed by atoms with Crippen molar-refractivity contribution in [3.8, 4) is 0 Å². The smallest absolute Gasteiger partial charge is 0.304 e. The van der Waals surface area contributed by atoms with Crippen LogP contribution in [0.25, 0.3) is 0 Å². The van der Waals surface area contributed by atoms with Crippen molar-refractivity contribution in [2.75, 3.05) is 6.61 Å². The Morgan fingerprint density at radius 1 is 1.31 bits per heavy atom. The summed E-state index contributed by atoms with van der Waals surface area (Å²) < 4.78 is 61.5. The molecule has 8 heteroatoms. The molecular weight excluding hydrogens is 219 g/mol. The molecule has 0 aromatic carbocycles. The van der Waals surface area contributed by atoms with Crippen molar-refractivity contribution >= 4 is 16.2 Å². The van der Waals surface area contributed by atoms with Crippen LogP contribution >= 0.6 is 10.2 Å². The van der Waals surface area contributed by atoms with E-state index in [9.17, 15) is 24.2 Å². The molecule has 0 saturated carbocycles. The molecule has 80 valence electrons. The fourth-order valence-corrected chi connectivity index (χ4v) is 0.829. The van der Waals surface area contributed by atoms with Gasteiger partial charge in [-0.1, -0.05) is 19.4 Å². The van der Waals surface area contributed by atoms with Crippen LogP contribution in [0, 0.1) is 0 Å². The number of carbonyl (C=O) groups is 1. The Morgan fingerprint density at radius 2 is 1.77 bits per heavy atom. The predicted molar refractivity (Wildman–Crippen MR) is 38.9 cm³/mol. The number of halogens is 5. The van der Waals surface area contributed by atoms with Gasteiger partial charge in [0.25, 0.3) is 0 Å². The van der Waals surface area contributed by atoms with E-state index in [1.165, 1.54) is 0 Å². The van der Waals surface area contributed by atoms with Crippen LogP contribution in [-0.2, 0) is 9.53 Å². The maximum atomic E-state index is 11.5. The van der Waals surface area contributed by atoms with Crippen molar-refractivity contribution in [3.63, 3.8) is 0 Å². The molecule has 0 radical (unpaired) electrons. The van der Waals surface area contributed by atoms with Gasteiger partial charge in [-0.3, -0.25) is 4.79 Å². The van der Waals surface area contributed by atoms with Gasteiger partial charge < -0.3 is 4.74 Å². The first-order valence-corrected chi connectivity index (χ1v) is 4.96. The van der Waals surface area contributed by atoms with E-state index in [4.69, 9.17) is 0 Å². The molecule has 0 fully saturated rings. The fourth-order valence-electron chi connectivity index (χ4n) is 0.387. The number of carbonyl (C=O) groups excluding carboxylic acids is 1. The van der Waals surface area contributed by atoms with Crippen LogP contribution in [0.2, 0.25) is 0 Å². The third-order valence-corrected chi connectivity index (χ3v) is 1.44. The zero-order valence-electron chi connectivity index (χ0n) is 6.48. The molecule has 0 aliphatic rings. The molecule has 0 N–H and O–H groups in total. The van der Waals surface area contributed by atoms with Gasteiger partial charge in [0.2, 0.25) is 0 Å². The highest BCUT2D eigenvalue weighted by atomic mass is 32.5. The van der Waals surface area contributed by atoms with E-state index >= 15 is 0 Å². The van der Waals surface area contributed by atoms with Crippen molar-refractivity contribution in [1.82, 2.24) is 0 Å². The molecule has 0 aromatic heterocycles. The normalized spacial score (nSPS) is 18.0. The summed E-state index contributed by atoms with van der Waals surface area (Å²) in [5, 5.41) is -1.15. The van der Waals surface area contributed by atoms with Gasteiger partial charge in [0, 0.05) is 6.92 Å². The molecule has 0 aromatic rings. The summed E-state index contributed by atoms with van der Waals surface area (Å²) in [6.45, 7) is 0.133. The largest absolute Gasteiger partial charge is 0.462 e. The van der Waals surface area contributed by atoms with E-state index in [1.54, 1.807) is 0 Å². The lowest BCUT2D eigenvalue weighted by Crippen LogP contribution is -2.02. The number of rotatable bonds is 3. The van der Waals surface area contributed by atoms with Gasteiger partial charge in [-0.25, -0.2) is 0 Å². The molecule has 0 atom stereocenters. The first kappa shape index (κ1) is 12.2. The van der Waals surface area contributed by atoms with Gasteiger partial charge in [0.1, 0.15) is 6.61 Å². The third-order valence-electron chi connectivity index (χ3n) is 0.736. The van der Waals surface area contributed by atoms with E-state index in [-0.39, 0.29) is 6.08 Å². The summed E-state index contributed by atoms with van der Waals surface area (Å²) in [5.74, 6) is -0.841. The zero-order chi connectivity index (χ0) is 10.8. The Kier molecular flexibility index (Phi) is 2.44. The summed E-state index contributed by atoms with van der Waals surface area (Å²) in [6.07, 6.45) is 0.0585. The average molecular weight is 226 g/mol. The van der Waals surface area contributed by atoms with E-state index in [1.807, 2.05) is 0 Å². The Hall–Kier alpha value is -0.790. The second-order valence-electron chi connectivity index (χ2n) is 2.20. The number of ether oxygens (including phenoxy) is 1. The van der Waals surface area contributed by atoms with Crippen LogP contribution in [0.1, 0.15) is 6.92 Å². The first-order valence-electron chi connectivity index (χ1n) is 2.95. The summed E-state index contributed by atoms with van der Waals surface area (Å²) in [4.78, 5) is 10.0. The lowest BCUT2D eigenvalue weighted by Gasteiger charge is -2.36. The SMILES string of the molecule is CC(=O)OC/C=C/S(F)(F)(F)(F)F. The van der Waals surface area contributed by atoms with Gasteiger partial charge in [-0.05, 0) is 6.08 Å². The number of hydrogen-bond acceptors (Lipinski definition) is 2. The predicted octanol–water partition coefficient (Wildman–Crippen LogP) is 3.36. The van der Waals surface area contributed by atoms with Crippen molar-refractivity contribution in [2.24, 2.45) is 0 Å². The molecule has 0 bridgehead atoms. The lowest BCUT2D eigenvalue weighted by atomic mass is 10.7. The second-order valence-corrected chi connectivity index (χ2v) is 4.53. The molecular formula is C5H7F5O2S. The minimum Gasteiger partial charge on any atom is -0.462 e. The van der Waals surface area contributed by atoms with Gasteiger partial charge >= 0.3 is 16.2 Å². The van der Waals surface area contributed by atoms with E-state index < -0.39 is 28.2 Å². The zero-order valence-corrected chi connectivity index (χ0v) is 7.29. The Morgan fingerprint density at radius 3 is 2.08 bits per heavy atom. The third kappa shape index (κ3) is 11.2. The summed E-state index contributed by atoms with van der Waals surface area (Å²) in [6, 6.07) is 0. The minimum atomic E-state index is -9.49. The van der Waals surface area contributed by atoms with Crippen LogP contribution in [0.4, 0.5) is 19.4 Å². The van der Waals surface area contributed by atoms with Crippen LogP contribution in [0.3, 0.4) is 0 Å². The topological polar surface area (TPSA) is 26.3 Å². The molecule has 0 rings (SSSR count). The molecule has 0 unspecified atom stereocenters. The molecule has 0 aliphatic heterocycles. The van der Waals surface area contributed by atoms with Crippen LogP contribution in [0.5, 0.6) is 0 Å². The Balaban J connectivity index is 4.23. The van der Waals surface area contributed by atoms with Crippen LogP contribution < -0.4 is 0 Å². The second kappa shape index (κ2) is 2.60. The molecule has 0 saturated heterocycles. The van der Waals surface area contributed by atoms with Gasteiger partial charge in [0.05, 0.1) is 5.41 Å². The average Bonchev–Trinajstić information content (AvgIpc) is 1.74. The molecule has 0 spiro atoms. The summed E-state index contributed by atoms with van der Waals surface area (Å²) in [7, 11) is -9.49. The molecule has 0 amide bonds. The highest BCUT2D eigenvalue weighted by molar-refractivity contribution is 8.48. The van der Waals surface area contributed by atoms with Gasteiger partial charge in [0.15, 0.2) is 0 Å². The van der Waals surface area contributed by atoms with E-state index in [0.717, 1.165) is 6.92 Å². The van der Waals surface area contributed by atoms with E-state index in [2.05, 4.69) is 4.74 Å². The van der Waals surface area contributed by atoms with Crippen LogP contribution in [-0.4, -0.2) is 12.6 Å². The van der Waals surface area contributed by atoms with Gasteiger partial charge in [-0.2, -0.15) is 0 Å². The molecule has 0 heterocycles. The fraction of sp³-hybridized carbons (Fsp3) is 0.400. The van der Waals surface area contributed by atoms with Crippen molar-refractivity contribution < 1.29 is 29.0 Å². The molecule has 2 nitrogen and oxygen atoms in total. The summed E-state index contributed by atoms with van der Waals surface area (Å²) >= 11 is 0. The first-order chi connectivity index (χ1) is 5.39. The van der Waals surface area contributed by atoms with Crippen molar-refractivity contribution in [2.45, 2.75) is 6.92 Å². The van der Waals surface area contributed by atoms with Gasteiger partial charge in [-0.15, -0.1) is 0 Å². The highest BCUT2D eigenvalue weighted by Crippen LogP contribution is 2.98. The van der Waals surface area contributed by atoms with Crippen LogP contribution in [0.15, 0.2) is 11.5 Å². The minimum absolute atomic E-state index is 0.0585. The summed E-state index contributed by atoms with van der Waals surface area (Å²) in [5.41, 5.74) is 0. The molecule has 13 heavy (non-hydrogen) atoms. The monoisotopic (exact) mass is 226 g/mol. The quantitative estimate of drug-likeness (QED) is 0.544. The van der Waals surface area contributed by atoms with Crippen molar-refractivity contribution in [3.05, 3.63) is 11.5 Å². The number of hydrogen-bond donors (Lipinski definition) is 0. The maximum absolute atomic E-state index is 11.5.